The minimum atomic E-state index is 0.759. The molecule has 1 aliphatic carbocycles. The summed E-state index contributed by atoms with van der Waals surface area (Å²) in [6.07, 6.45) is 7.94. The summed E-state index contributed by atoms with van der Waals surface area (Å²) in [5, 5.41) is 0. The summed E-state index contributed by atoms with van der Waals surface area (Å²) in [5.74, 6) is 2.42. The zero-order valence-corrected chi connectivity index (χ0v) is 13.1. The zero-order chi connectivity index (χ0) is 13.8. The highest BCUT2D eigenvalue weighted by atomic mass is 35.5. The van der Waals surface area contributed by atoms with Gasteiger partial charge in [-0.1, -0.05) is 24.3 Å². The summed E-state index contributed by atoms with van der Waals surface area (Å²) in [6.45, 7) is 3.82. The van der Waals surface area contributed by atoms with Gasteiger partial charge in [0.2, 0.25) is 0 Å². The van der Waals surface area contributed by atoms with E-state index < -0.39 is 0 Å². The van der Waals surface area contributed by atoms with Crippen molar-refractivity contribution in [2.45, 2.75) is 44.4 Å². The van der Waals surface area contributed by atoms with Crippen LogP contribution in [0.15, 0.2) is 24.3 Å². The lowest BCUT2D eigenvalue weighted by molar-refractivity contribution is 0.159. The summed E-state index contributed by atoms with van der Waals surface area (Å²) in [4.78, 5) is 2.70. The van der Waals surface area contributed by atoms with Crippen LogP contribution in [0.2, 0.25) is 0 Å². The Morgan fingerprint density at radius 3 is 2.95 bits per heavy atom. The molecule has 2 heteroatoms. The summed E-state index contributed by atoms with van der Waals surface area (Å²) in [7, 11) is 0. The van der Waals surface area contributed by atoms with Crippen molar-refractivity contribution in [3.8, 4) is 0 Å². The Labute approximate surface area is 128 Å². The molecule has 1 saturated heterocycles. The van der Waals surface area contributed by atoms with Gasteiger partial charge in [-0.15, -0.1) is 11.6 Å². The molecule has 2 atom stereocenters. The largest absolute Gasteiger partial charge is 0.302 e. The lowest BCUT2D eigenvalue weighted by Crippen LogP contribution is -2.38. The third-order valence-corrected chi connectivity index (χ3v) is 5.31. The number of halogens is 1. The highest BCUT2D eigenvalue weighted by molar-refractivity contribution is 6.17. The molecule has 1 aromatic rings. The maximum absolute atomic E-state index is 5.92. The fourth-order valence-electron chi connectivity index (χ4n) is 4.06. The van der Waals surface area contributed by atoms with Gasteiger partial charge in [-0.3, -0.25) is 0 Å². The minimum Gasteiger partial charge on any atom is -0.302 e. The summed E-state index contributed by atoms with van der Waals surface area (Å²) in [5.41, 5.74) is 3.22. The molecule has 2 aliphatic rings. The normalized spacial score (nSPS) is 27.2. The number of alkyl halides is 1. The Morgan fingerprint density at radius 1 is 1.15 bits per heavy atom. The van der Waals surface area contributed by atoms with Crippen molar-refractivity contribution < 1.29 is 0 Å². The first-order chi connectivity index (χ1) is 9.86. The van der Waals surface area contributed by atoms with E-state index >= 15 is 0 Å². The van der Waals surface area contributed by atoms with Crippen LogP contribution in [0.1, 0.15) is 49.1 Å². The van der Waals surface area contributed by atoms with E-state index in [-0.39, 0.29) is 0 Å². The van der Waals surface area contributed by atoms with Crippen LogP contribution in [0.5, 0.6) is 0 Å². The van der Waals surface area contributed by atoms with Crippen LogP contribution in [0, 0.1) is 5.92 Å². The molecule has 3 rings (SSSR count). The van der Waals surface area contributed by atoms with Crippen LogP contribution in [-0.4, -0.2) is 30.4 Å². The molecule has 0 aromatic heterocycles. The molecule has 0 radical (unpaired) electrons. The van der Waals surface area contributed by atoms with Crippen molar-refractivity contribution in [3.63, 3.8) is 0 Å². The molecule has 0 spiro atoms. The Kier molecular flexibility index (Phi) is 5.01. The molecule has 0 bridgehead atoms. The topological polar surface area (TPSA) is 3.24 Å². The predicted molar refractivity (Wildman–Crippen MR) is 86.6 cm³/mol. The monoisotopic (exact) mass is 291 g/mol. The molecule has 2 unspecified atom stereocenters. The minimum absolute atomic E-state index is 0.759. The number of hydrogen-bond donors (Lipinski definition) is 0. The number of aryl methyl sites for hydroxylation is 1. The summed E-state index contributed by atoms with van der Waals surface area (Å²) < 4.78 is 0. The quantitative estimate of drug-likeness (QED) is 0.741. The zero-order valence-electron chi connectivity index (χ0n) is 12.4. The highest BCUT2D eigenvalue weighted by Gasteiger charge is 2.25. The van der Waals surface area contributed by atoms with Gasteiger partial charge in [-0.2, -0.15) is 0 Å². The van der Waals surface area contributed by atoms with Gasteiger partial charge in [0.1, 0.15) is 0 Å². The third kappa shape index (κ3) is 3.38. The summed E-state index contributed by atoms with van der Waals surface area (Å²) >= 11 is 5.92. The van der Waals surface area contributed by atoms with Crippen molar-refractivity contribution >= 4 is 11.6 Å². The van der Waals surface area contributed by atoms with Gasteiger partial charge in [0, 0.05) is 19.0 Å². The molecule has 110 valence electrons. The lowest BCUT2D eigenvalue weighted by Gasteiger charge is -2.36. The molecule has 0 saturated carbocycles. The first-order valence-electron chi connectivity index (χ1n) is 8.23. The fourth-order valence-corrected chi connectivity index (χ4v) is 4.37. The molecule has 0 amide bonds. The second-order valence-electron chi connectivity index (χ2n) is 6.53. The van der Waals surface area contributed by atoms with Crippen molar-refractivity contribution in [2.24, 2.45) is 5.92 Å². The molecule has 1 fully saturated rings. The Hall–Kier alpha value is -0.530. The smallest absolute Gasteiger partial charge is 0.0226 e. The van der Waals surface area contributed by atoms with Crippen molar-refractivity contribution in [3.05, 3.63) is 35.4 Å². The van der Waals surface area contributed by atoms with E-state index in [1.54, 1.807) is 11.1 Å². The highest BCUT2D eigenvalue weighted by Crippen LogP contribution is 2.33. The van der Waals surface area contributed by atoms with Gasteiger partial charge >= 0.3 is 0 Å². The maximum atomic E-state index is 5.92. The second-order valence-corrected chi connectivity index (χ2v) is 6.91. The Balaban J connectivity index is 1.63. The number of rotatable bonds is 4. The number of benzene rings is 1. The van der Waals surface area contributed by atoms with Crippen molar-refractivity contribution in [1.29, 1.82) is 0 Å². The van der Waals surface area contributed by atoms with E-state index in [0.29, 0.717) is 0 Å². The standard InChI is InChI=1S/C18H26ClN/c19-11-10-15-5-4-12-20(13-15)14-17-8-3-7-16-6-1-2-9-18(16)17/h1-2,6,9,15,17H,3-5,7-8,10-14H2. The molecule has 0 N–H and O–H groups in total. The number of piperidine rings is 1. The van der Waals surface area contributed by atoms with Gasteiger partial charge in [0.05, 0.1) is 0 Å². The van der Waals surface area contributed by atoms with E-state index in [4.69, 9.17) is 11.6 Å². The number of nitrogens with zero attached hydrogens (tertiary/aromatic N) is 1. The number of likely N-dealkylation sites (tertiary alicyclic amines) is 1. The van der Waals surface area contributed by atoms with E-state index in [0.717, 1.165) is 17.7 Å². The van der Waals surface area contributed by atoms with Crippen LogP contribution in [0.25, 0.3) is 0 Å². The SMILES string of the molecule is ClCCC1CCCN(CC2CCCc3ccccc32)C1. The number of fused-ring (bicyclic) bond motifs is 1. The van der Waals surface area contributed by atoms with Crippen LogP contribution < -0.4 is 0 Å². The van der Waals surface area contributed by atoms with Gasteiger partial charge < -0.3 is 4.90 Å². The van der Waals surface area contributed by atoms with Crippen molar-refractivity contribution in [2.75, 3.05) is 25.5 Å². The van der Waals surface area contributed by atoms with Gasteiger partial charge in [0.25, 0.3) is 0 Å². The Bertz CT molecular complexity index is 429. The first-order valence-corrected chi connectivity index (χ1v) is 8.76. The molecular weight excluding hydrogens is 266 g/mol. The van der Waals surface area contributed by atoms with Crippen LogP contribution in [0.3, 0.4) is 0 Å². The van der Waals surface area contributed by atoms with E-state index in [2.05, 4.69) is 29.2 Å². The van der Waals surface area contributed by atoms with Crippen LogP contribution >= 0.6 is 11.6 Å². The molecular formula is C18H26ClN. The summed E-state index contributed by atoms with van der Waals surface area (Å²) in [6, 6.07) is 9.09. The molecule has 20 heavy (non-hydrogen) atoms. The third-order valence-electron chi connectivity index (χ3n) is 5.09. The van der Waals surface area contributed by atoms with Crippen LogP contribution in [-0.2, 0) is 6.42 Å². The fraction of sp³-hybridized carbons (Fsp3) is 0.667. The predicted octanol–water partition coefficient (Wildman–Crippen LogP) is 4.45. The molecule has 1 nitrogen and oxygen atoms in total. The lowest BCUT2D eigenvalue weighted by atomic mass is 9.82. The van der Waals surface area contributed by atoms with E-state index in [1.165, 1.54) is 58.2 Å². The maximum Gasteiger partial charge on any atom is 0.0226 e. The van der Waals surface area contributed by atoms with E-state index in [1.807, 2.05) is 0 Å². The second kappa shape index (κ2) is 6.95. The first kappa shape index (κ1) is 14.4. The molecule has 1 aromatic carbocycles. The Morgan fingerprint density at radius 2 is 2.05 bits per heavy atom. The average Bonchev–Trinajstić information content (AvgIpc) is 2.48. The van der Waals surface area contributed by atoms with Gasteiger partial charge in [-0.05, 0) is 68.0 Å². The van der Waals surface area contributed by atoms with Gasteiger partial charge in [0.15, 0.2) is 0 Å². The van der Waals surface area contributed by atoms with Gasteiger partial charge in [-0.25, -0.2) is 0 Å². The van der Waals surface area contributed by atoms with Crippen LogP contribution in [0.4, 0.5) is 0 Å². The van der Waals surface area contributed by atoms with Crippen molar-refractivity contribution in [1.82, 2.24) is 4.90 Å². The number of hydrogen-bond acceptors (Lipinski definition) is 1. The molecule has 1 aliphatic heterocycles. The average molecular weight is 292 g/mol. The molecule has 1 heterocycles. The van der Waals surface area contributed by atoms with E-state index in [9.17, 15) is 0 Å².